The molecule has 1 aliphatic carbocycles. The van der Waals surface area contributed by atoms with Crippen LogP contribution in [0.5, 0.6) is 0 Å². The summed E-state index contributed by atoms with van der Waals surface area (Å²) in [5.41, 5.74) is 2.48. The Labute approximate surface area is 219 Å². The van der Waals surface area contributed by atoms with Crippen LogP contribution in [0.1, 0.15) is 44.7 Å². The van der Waals surface area contributed by atoms with Gasteiger partial charge in [-0.3, -0.25) is 19.2 Å². The van der Waals surface area contributed by atoms with Crippen molar-refractivity contribution in [2.24, 2.45) is 11.8 Å². The number of ketones is 1. The third-order valence-electron chi connectivity index (χ3n) is 6.59. The number of nitrogens with zero attached hydrogens (tertiary/aromatic N) is 2. The molecule has 1 heterocycles. The van der Waals surface area contributed by atoms with E-state index in [4.69, 9.17) is 11.6 Å². The molecule has 2 aromatic carbocycles. The lowest BCUT2D eigenvalue weighted by Gasteiger charge is -2.30. The maximum absolute atomic E-state index is 13.6. The minimum atomic E-state index is -0.672. The fourth-order valence-corrected chi connectivity index (χ4v) is 5.92. The van der Waals surface area contributed by atoms with Crippen LogP contribution in [0.2, 0.25) is 5.02 Å². The first-order valence-electron chi connectivity index (χ1n) is 10.9. The molecule has 0 unspecified atom stereocenters. The predicted octanol–water partition coefficient (Wildman–Crippen LogP) is 5.12. The van der Waals surface area contributed by atoms with E-state index in [-0.39, 0.29) is 26.0 Å². The van der Waals surface area contributed by atoms with Crippen LogP contribution in [0.3, 0.4) is 0 Å². The fraction of sp³-hybridized carbons (Fsp3) is 0.360. The molecule has 9 heteroatoms. The molecule has 4 rings (SSSR count). The van der Waals surface area contributed by atoms with Crippen molar-refractivity contribution in [3.05, 3.63) is 69.7 Å². The Hall–Kier alpha value is -2.03. The minimum absolute atomic E-state index is 0.0235. The number of benzene rings is 2. The maximum atomic E-state index is 13.6. The van der Waals surface area contributed by atoms with Crippen molar-refractivity contribution >= 4 is 67.0 Å². The Kier molecular flexibility index (Phi) is 7.31. The van der Waals surface area contributed by atoms with Crippen LogP contribution in [0, 0.1) is 25.7 Å². The first kappa shape index (κ1) is 25.1. The van der Waals surface area contributed by atoms with Gasteiger partial charge in [0.2, 0.25) is 0 Å². The molecule has 2 fully saturated rings. The summed E-state index contributed by atoms with van der Waals surface area (Å²) in [6, 6.07) is 11.6. The summed E-state index contributed by atoms with van der Waals surface area (Å²) >= 11 is 13.4. The highest BCUT2D eigenvalue weighted by Crippen LogP contribution is 2.43. The standard InChI is InChI=1S/C25H23Br2ClN2O4/c1-13-7-8-15(9-14(13)2)22(31)12-29(23(32)16-5-3-4-6-21(16)28)30-24(33)17-10-19(26)20(27)11-18(17)25(30)34/h3-9,17-20H,10-12H2,1-2H3/t17-,18+,19+,20-. The third-order valence-corrected chi connectivity index (χ3v) is 9.65. The molecule has 1 saturated heterocycles. The highest BCUT2D eigenvalue weighted by Gasteiger charge is 2.54. The molecule has 34 heavy (non-hydrogen) atoms. The minimum Gasteiger partial charge on any atom is -0.292 e. The van der Waals surface area contributed by atoms with E-state index in [0.29, 0.717) is 18.4 Å². The number of rotatable bonds is 5. The van der Waals surface area contributed by atoms with E-state index in [0.717, 1.165) is 21.1 Å². The molecule has 0 spiro atoms. The van der Waals surface area contributed by atoms with Crippen molar-refractivity contribution in [3.8, 4) is 0 Å². The number of aryl methyl sites for hydroxylation is 2. The van der Waals surface area contributed by atoms with Gasteiger partial charge in [-0.2, -0.15) is 5.01 Å². The molecule has 4 atom stereocenters. The van der Waals surface area contributed by atoms with Gasteiger partial charge in [-0.1, -0.05) is 67.7 Å². The Morgan fingerprint density at radius 3 is 2.12 bits per heavy atom. The second-order valence-electron chi connectivity index (χ2n) is 8.77. The summed E-state index contributed by atoms with van der Waals surface area (Å²) < 4.78 is 0. The third kappa shape index (κ3) is 4.60. The number of hydrogen-bond donors (Lipinski definition) is 0. The maximum Gasteiger partial charge on any atom is 0.274 e. The zero-order valence-corrected chi connectivity index (χ0v) is 22.6. The van der Waals surface area contributed by atoms with Crippen LogP contribution in [0.15, 0.2) is 42.5 Å². The summed E-state index contributed by atoms with van der Waals surface area (Å²) in [6.07, 6.45) is 0.918. The zero-order valence-electron chi connectivity index (χ0n) is 18.6. The van der Waals surface area contributed by atoms with Gasteiger partial charge < -0.3 is 0 Å². The first-order valence-corrected chi connectivity index (χ1v) is 13.1. The largest absolute Gasteiger partial charge is 0.292 e. The van der Waals surface area contributed by atoms with Gasteiger partial charge in [0.25, 0.3) is 17.7 Å². The molecule has 2 aliphatic rings. The van der Waals surface area contributed by atoms with Crippen LogP contribution >= 0.6 is 43.5 Å². The Morgan fingerprint density at radius 1 is 0.971 bits per heavy atom. The summed E-state index contributed by atoms with van der Waals surface area (Å²) in [6.45, 7) is 3.37. The highest BCUT2D eigenvalue weighted by atomic mass is 79.9. The van der Waals surface area contributed by atoms with Crippen molar-refractivity contribution in [2.75, 3.05) is 6.54 Å². The molecule has 6 nitrogen and oxygen atoms in total. The Bertz CT molecular complexity index is 1160. The monoisotopic (exact) mass is 608 g/mol. The number of imide groups is 1. The molecule has 178 valence electrons. The Balaban J connectivity index is 1.72. The number of halogens is 3. The predicted molar refractivity (Wildman–Crippen MR) is 136 cm³/mol. The molecule has 2 aromatic rings. The second-order valence-corrected chi connectivity index (χ2v) is 11.5. The van der Waals surface area contributed by atoms with Gasteiger partial charge in [-0.25, -0.2) is 5.01 Å². The van der Waals surface area contributed by atoms with E-state index in [2.05, 4.69) is 31.9 Å². The number of carbonyl (C=O) groups is 4. The fourth-order valence-electron chi connectivity index (χ4n) is 4.46. The summed E-state index contributed by atoms with van der Waals surface area (Å²) in [4.78, 5) is 53.7. The van der Waals surface area contributed by atoms with Crippen LogP contribution in [-0.4, -0.2) is 49.7 Å². The smallest absolute Gasteiger partial charge is 0.274 e. The second kappa shape index (κ2) is 9.91. The van der Waals surface area contributed by atoms with E-state index in [1.165, 1.54) is 6.07 Å². The first-order chi connectivity index (χ1) is 16.1. The van der Waals surface area contributed by atoms with Crippen LogP contribution < -0.4 is 0 Å². The van der Waals surface area contributed by atoms with Crippen molar-refractivity contribution in [3.63, 3.8) is 0 Å². The van der Waals surface area contributed by atoms with Gasteiger partial charge in [-0.15, -0.1) is 0 Å². The molecule has 0 N–H and O–H groups in total. The normalized spacial score (nSPS) is 24.2. The number of amides is 3. The van der Waals surface area contributed by atoms with Crippen molar-refractivity contribution in [2.45, 2.75) is 36.3 Å². The average molecular weight is 611 g/mol. The number of Topliss-reactive ketones (excluding diaryl/α,β-unsaturated/α-hetero) is 1. The quantitative estimate of drug-likeness (QED) is 0.268. The van der Waals surface area contributed by atoms with Crippen LogP contribution in [0.4, 0.5) is 0 Å². The van der Waals surface area contributed by atoms with Crippen molar-refractivity contribution < 1.29 is 19.2 Å². The van der Waals surface area contributed by atoms with Gasteiger partial charge in [0, 0.05) is 15.2 Å². The number of fused-ring (bicyclic) bond motifs is 1. The van der Waals surface area contributed by atoms with E-state index < -0.39 is 36.1 Å². The molecule has 1 aliphatic heterocycles. The van der Waals surface area contributed by atoms with Crippen LogP contribution in [0.25, 0.3) is 0 Å². The SMILES string of the molecule is Cc1ccc(C(=O)CN(C(=O)c2ccccc2Cl)N2C(=O)[C@H]3C[C@@H](Br)[C@@H](Br)C[C@H]3C2=O)cc1C. The zero-order chi connectivity index (χ0) is 24.7. The molecule has 0 radical (unpaired) electrons. The lowest BCUT2D eigenvalue weighted by Crippen LogP contribution is -2.52. The summed E-state index contributed by atoms with van der Waals surface area (Å²) in [5, 5.41) is 2.02. The van der Waals surface area contributed by atoms with Gasteiger partial charge in [0.15, 0.2) is 5.78 Å². The highest BCUT2D eigenvalue weighted by molar-refractivity contribution is 9.12. The number of alkyl halides is 2. The summed E-state index contributed by atoms with van der Waals surface area (Å²) in [7, 11) is 0. The van der Waals surface area contributed by atoms with Gasteiger partial charge in [0.1, 0.15) is 6.54 Å². The molecule has 3 amide bonds. The lowest BCUT2D eigenvalue weighted by molar-refractivity contribution is -0.154. The van der Waals surface area contributed by atoms with E-state index in [1.54, 1.807) is 30.3 Å². The van der Waals surface area contributed by atoms with Gasteiger partial charge in [-0.05, 0) is 56.0 Å². The lowest BCUT2D eigenvalue weighted by atomic mass is 9.81. The van der Waals surface area contributed by atoms with Crippen molar-refractivity contribution in [1.29, 1.82) is 0 Å². The van der Waals surface area contributed by atoms with Crippen molar-refractivity contribution in [1.82, 2.24) is 10.0 Å². The topological polar surface area (TPSA) is 74.8 Å². The molecule has 0 bridgehead atoms. The summed E-state index contributed by atoms with van der Waals surface area (Å²) in [5.74, 6) is -3.09. The van der Waals surface area contributed by atoms with Gasteiger partial charge in [0.05, 0.1) is 22.4 Å². The molecular weight excluding hydrogens is 588 g/mol. The van der Waals surface area contributed by atoms with E-state index in [1.807, 2.05) is 19.9 Å². The molecular formula is C25H23Br2ClN2O4. The van der Waals surface area contributed by atoms with Crippen LogP contribution in [-0.2, 0) is 9.59 Å². The van der Waals surface area contributed by atoms with E-state index in [9.17, 15) is 19.2 Å². The molecule has 1 saturated carbocycles. The van der Waals surface area contributed by atoms with Gasteiger partial charge >= 0.3 is 0 Å². The number of carbonyl (C=O) groups excluding carboxylic acids is 4. The Morgan fingerprint density at radius 2 is 1.56 bits per heavy atom. The van der Waals surface area contributed by atoms with E-state index >= 15 is 0 Å². The number of hydrogen-bond acceptors (Lipinski definition) is 4. The average Bonchev–Trinajstić information content (AvgIpc) is 3.03. The molecule has 0 aromatic heterocycles. The number of hydrazine groups is 1.